The van der Waals surface area contributed by atoms with E-state index >= 15 is 0 Å². The van der Waals surface area contributed by atoms with Crippen molar-refractivity contribution in [1.82, 2.24) is 0 Å². The smallest absolute Gasteiger partial charge is 0.790 e. The van der Waals surface area contributed by atoms with E-state index in [0.717, 1.165) is 0 Å². The Morgan fingerprint density at radius 2 is 1.69 bits per heavy atom. The molecule has 0 aliphatic carbocycles. The zero-order valence-electron chi connectivity index (χ0n) is 8.48. The predicted molar refractivity (Wildman–Crippen MR) is 34.6 cm³/mol. The summed E-state index contributed by atoms with van der Waals surface area (Å²) in [5.41, 5.74) is 0. The van der Waals surface area contributed by atoms with Gasteiger partial charge in [-0.2, -0.15) is 0 Å². The minimum Gasteiger partial charge on any atom is -0.790 e. The number of hydrogen-bond acceptors (Lipinski definition) is 5. The number of rotatable bonds is 5. The van der Waals surface area contributed by atoms with E-state index in [2.05, 4.69) is 4.52 Å². The first kappa shape index (κ1) is 20.5. The second-order valence-electron chi connectivity index (χ2n) is 2.20. The van der Waals surface area contributed by atoms with Crippen LogP contribution in [0.4, 0.5) is 0 Å². The zero-order valence-corrected chi connectivity index (χ0v) is 13.4. The molecule has 0 amide bonds. The van der Waals surface area contributed by atoms with Gasteiger partial charge in [-0.15, -0.1) is 0 Å². The molecule has 68 valence electrons. The van der Waals surface area contributed by atoms with E-state index in [-0.39, 0.29) is 78.4 Å². The van der Waals surface area contributed by atoms with Crippen LogP contribution in [0, 0.1) is 0 Å². The van der Waals surface area contributed by atoms with Crippen LogP contribution in [-0.4, -0.2) is 19.3 Å². The zero-order chi connectivity index (χ0) is 8.91. The fourth-order valence-electron chi connectivity index (χ4n) is 0.433. The van der Waals surface area contributed by atoms with Gasteiger partial charge in [0.05, 0.1) is 27.1 Å². The Labute approximate surface area is 122 Å². The molecule has 0 N–H and O–H groups in total. The van der Waals surface area contributed by atoms with Crippen LogP contribution < -0.4 is 68.9 Å². The molecule has 0 radical (unpaired) electrons. The number of ether oxygens (including phenoxy) is 1. The molecule has 0 bridgehead atoms. The van der Waals surface area contributed by atoms with Gasteiger partial charge in [0.2, 0.25) is 0 Å². The summed E-state index contributed by atoms with van der Waals surface area (Å²) in [6, 6.07) is 0. The maximum atomic E-state index is 9.87. The molecular formula is C5H11Na2O5P. The van der Waals surface area contributed by atoms with Crippen LogP contribution in [-0.2, 0) is 13.8 Å². The quantitative estimate of drug-likeness (QED) is 0.265. The molecule has 0 aromatic heterocycles. The van der Waals surface area contributed by atoms with Gasteiger partial charge in [0.25, 0.3) is 0 Å². The van der Waals surface area contributed by atoms with E-state index in [9.17, 15) is 14.4 Å². The fraction of sp³-hybridized carbons (Fsp3) is 1.00. The normalized spacial score (nSPS) is 10.5. The van der Waals surface area contributed by atoms with Crippen molar-refractivity contribution in [3.8, 4) is 0 Å². The average Bonchev–Trinajstić information content (AvgIpc) is 1.78. The molecule has 0 spiro atoms. The summed E-state index contributed by atoms with van der Waals surface area (Å²) in [6.45, 7) is 3.51. The van der Waals surface area contributed by atoms with Gasteiger partial charge in [-0.3, -0.25) is 0 Å². The van der Waals surface area contributed by atoms with Crippen molar-refractivity contribution in [3.63, 3.8) is 0 Å². The van der Waals surface area contributed by atoms with Crippen molar-refractivity contribution in [2.45, 2.75) is 20.0 Å². The SMILES string of the molecule is CC(C)OCCOP(=O)([O-])[O-].[Na+].[Na+]. The minimum atomic E-state index is -4.81. The molecule has 0 aliphatic rings. The molecule has 0 saturated heterocycles. The van der Waals surface area contributed by atoms with E-state index in [1.165, 1.54) is 0 Å². The Bertz CT molecular complexity index is 148. The van der Waals surface area contributed by atoms with Crippen molar-refractivity contribution in [2.24, 2.45) is 0 Å². The molecule has 0 aromatic rings. The van der Waals surface area contributed by atoms with E-state index in [1.807, 2.05) is 0 Å². The van der Waals surface area contributed by atoms with Crippen LogP contribution in [0.25, 0.3) is 0 Å². The molecule has 0 atom stereocenters. The molecule has 8 heteroatoms. The van der Waals surface area contributed by atoms with E-state index < -0.39 is 7.82 Å². The third kappa shape index (κ3) is 20.2. The summed E-state index contributed by atoms with van der Waals surface area (Å²) in [5, 5.41) is 0. The summed E-state index contributed by atoms with van der Waals surface area (Å²) in [7, 11) is -4.81. The second-order valence-corrected chi connectivity index (χ2v) is 3.35. The summed E-state index contributed by atoms with van der Waals surface area (Å²) >= 11 is 0. The van der Waals surface area contributed by atoms with Crippen LogP contribution in [0.2, 0.25) is 0 Å². The Kier molecular flexibility index (Phi) is 16.7. The number of phosphoric ester groups is 1. The third-order valence-corrected chi connectivity index (χ3v) is 1.28. The first-order valence-electron chi connectivity index (χ1n) is 3.20. The fourth-order valence-corrected chi connectivity index (χ4v) is 0.731. The predicted octanol–water partition coefficient (Wildman–Crippen LogP) is -6.74. The van der Waals surface area contributed by atoms with Crippen molar-refractivity contribution < 1.29 is 82.7 Å². The van der Waals surface area contributed by atoms with Gasteiger partial charge in [-0.25, -0.2) is 0 Å². The van der Waals surface area contributed by atoms with Gasteiger partial charge >= 0.3 is 59.1 Å². The van der Waals surface area contributed by atoms with Crippen molar-refractivity contribution in [3.05, 3.63) is 0 Å². The molecule has 0 aromatic carbocycles. The molecule has 0 fully saturated rings. The van der Waals surface area contributed by atoms with Crippen LogP contribution in [0.5, 0.6) is 0 Å². The third-order valence-electron chi connectivity index (χ3n) is 0.784. The van der Waals surface area contributed by atoms with Gasteiger partial charge in [0.15, 0.2) is 0 Å². The van der Waals surface area contributed by atoms with Gasteiger partial charge in [-0.1, -0.05) is 0 Å². The summed E-state index contributed by atoms with van der Waals surface area (Å²) in [6.07, 6.45) is 0.0105. The van der Waals surface area contributed by atoms with Crippen LogP contribution >= 0.6 is 7.82 Å². The Morgan fingerprint density at radius 1 is 1.23 bits per heavy atom. The Morgan fingerprint density at radius 3 is 2.00 bits per heavy atom. The van der Waals surface area contributed by atoms with Gasteiger partial charge < -0.3 is 23.6 Å². The van der Waals surface area contributed by atoms with E-state index in [1.54, 1.807) is 13.8 Å². The summed E-state index contributed by atoms with van der Waals surface area (Å²) < 4.78 is 18.7. The monoisotopic (exact) mass is 228 g/mol. The standard InChI is InChI=1S/C5H13O5P.2Na/c1-5(2)9-3-4-10-11(6,7)8;;/h5H,3-4H2,1-2H3,(H2,6,7,8);;/q;2*+1/p-2. The maximum absolute atomic E-state index is 9.87. The van der Waals surface area contributed by atoms with Crippen LogP contribution in [0.3, 0.4) is 0 Å². The van der Waals surface area contributed by atoms with Crippen LogP contribution in [0.1, 0.15) is 13.8 Å². The van der Waals surface area contributed by atoms with E-state index in [0.29, 0.717) is 0 Å². The average molecular weight is 228 g/mol. The Hall–Kier alpha value is 2.07. The largest absolute Gasteiger partial charge is 1.00 e. The number of phosphoric acid groups is 1. The van der Waals surface area contributed by atoms with Crippen molar-refractivity contribution >= 4 is 7.82 Å². The second kappa shape index (κ2) is 10.6. The molecular weight excluding hydrogens is 217 g/mol. The molecule has 0 rings (SSSR count). The maximum Gasteiger partial charge on any atom is 1.00 e. The molecule has 0 unspecified atom stereocenters. The first-order chi connectivity index (χ1) is 4.92. The van der Waals surface area contributed by atoms with Gasteiger partial charge in [0, 0.05) is 0 Å². The van der Waals surface area contributed by atoms with Gasteiger partial charge in [0.1, 0.15) is 0 Å². The van der Waals surface area contributed by atoms with Gasteiger partial charge in [-0.05, 0) is 13.8 Å². The molecule has 0 saturated carbocycles. The molecule has 0 heterocycles. The van der Waals surface area contributed by atoms with Crippen molar-refractivity contribution in [1.29, 1.82) is 0 Å². The summed E-state index contributed by atoms with van der Waals surface area (Å²) in [5.74, 6) is 0. The first-order valence-corrected chi connectivity index (χ1v) is 4.66. The molecule has 0 aliphatic heterocycles. The minimum absolute atomic E-state index is 0. The summed E-state index contributed by atoms with van der Waals surface area (Å²) in [4.78, 5) is 19.7. The molecule has 13 heavy (non-hydrogen) atoms. The number of hydrogen-bond donors (Lipinski definition) is 0. The molecule has 5 nitrogen and oxygen atoms in total. The van der Waals surface area contributed by atoms with E-state index in [4.69, 9.17) is 4.74 Å². The Balaban J connectivity index is -0.000000500. The van der Waals surface area contributed by atoms with Crippen molar-refractivity contribution in [2.75, 3.05) is 13.2 Å². The topological polar surface area (TPSA) is 81.7 Å². The van der Waals surface area contributed by atoms with Crippen LogP contribution in [0.15, 0.2) is 0 Å².